The molecule has 0 saturated carbocycles. The predicted octanol–water partition coefficient (Wildman–Crippen LogP) is 5.35. The van der Waals surface area contributed by atoms with Crippen LogP contribution < -0.4 is 5.32 Å². The summed E-state index contributed by atoms with van der Waals surface area (Å²) < 4.78 is 37.6. The van der Waals surface area contributed by atoms with E-state index >= 15 is 0 Å². The second kappa shape index (κ2) is 6.88. The lowest BCUT2D eigenvalue weighted by Gasteiger charge is -2.12. The number of anilines is 1. The highest BCUT2D eigenvalue weighted by Crippen LogP contribution is 2.33. The Kier molecular flexibility index (Phi) is 5.79. The Hall–Kier alpha value is -0.900. The van der Waals surface area contributed by atoms with E-state index in [0.717, 1.165) is 37.8 Å². The van der Waals surface area contributed by atoms with E-state index in [1.54, 1.807) is 0 Å². The van der Waals surface area contributed by atoms with Crippen LogP contribution in [0.25, 0.3) is 0 Å². The summed E-state index contributed by atoms with van der Waals surface area (Å²) in [4.78, 5) is 0. The van der Waals surface area contributed by atoms with Gasteiger partial charge in [0.15, 0.2) is 0 Å². The van der Waals surface area contributed by atoms with Crippen molar-refractivity contribution in [1.29, 1.82) is 0 Å². The van der Waals surface area contributed by atoms with Crippen LogP contribution in [0.2, 0.25) is 5.02 Å². The summed E-state index contributed by atoms with van der Waals surface area (Å²) >= 11 is 5.86. The minimum absolute atomic E-state index is 0.318. The molecule has 0 atom stereocenters. The van der Waals surface area contributed by atoms with E-state index in [0.29, 0.717) is 17.3 Å². The van der Waals surface area contributed by atoms with E-state index in [4.69, 9.17) is 11.6 Å². The first kappa shape index (κ1) is 15.2. The molecule has 0 heterocycles. The Bertz CT molecular complexity index is 377. The maximum absolute atomic E-state index is 12.5. The summed E-state index contributed by atoms with van der Waals surface area (Å²) in [5.41, 5.74) is -0.328. The Morgan fingerprint density at radius 1 is 1.17 bits per heavy atom. The number of hydrogen-bond acceptors (Lipinski definition) is 1. The normalized spacial score (nSPS) is 11.6. The zero-order valence-corrected chi connectivity index (χ0v) is 11.0. The number of nitrogens with one attached hydrogen (secondary N) is 1. The number of unbranched alkanes of at least 4 members (excludes halogenated alkanes) is 3. The van der Waals surface area contributed by atoms with Gasteiger partial charge in [0.2, 0.25) is 0 Å². The number of rotatable bonds is 6. The summed E-state index contributed by atoms with van der Waals surface area (Å²) in [6.07, 6.45) is -0.0634. The Labute approximate surface area is 110 Å². The van der Waals surface area contributed by atoms with Gasteiger partial charge < -0.3 is 5.32 Å². The summed E-state index contributed by atoms with van der Waals surface area (Å²) in [7, 11) is 0. The lowest BCUT2D eigenvalue weighted by molar-refractivity contribution is -0.137. The van der Waals surface area contributed by atoms with Gasteiger partial charge in [0.1, 0.15) is 0 Å². The van der Waals surface area contributed by atoms with Gasteiger partial charge in [0.05, 0.1) is 16.3 Å². The summed E-state index contributed by atoms with van der Waals surface area (Å²) in [5, 5.41) is 3.27. The summed E-state index contributed by atoms with van der Waals surface area (Å²) in [6, 6.07) is 3.32. The van der Waals surface area contributed by atoms with Crippen molar-refractivity contribution < 1.29 is 13.2 Å². The van der Waals surface area contributed by atoms with Crippen LogP contribution >= 0.6 is 11.6 Å². The predicted molar refractivity (Wildman–Crippen MR) is 69.1 cm³/mol. The molecule has 0 fully saturated rings. The molecule has 0 saturated heterocycles. The topological polar surface area (TPSA) is 12.0 Å². The first-order valence-electron chi connectivity index (χ1n) is 6.05. The van der Waals surface area contributed by atoms with Crippen LogP contribution in [0.5, 0.6) is 0 Å². The quantitative estimate of drug-likeness (QED) is 0.692. The molecular formula is C13H17ClF3N. The van der Waals surface area contributed by atoms with Gasteiger partial charge in [0, 0.05) is 6.54 Å². The van der Waals surface area contributed by atoms with E-state index < -0.39 is 11.7 Å². The second-order valence-electron chi connectivity index (χ2n) is 4.18. The highest BCUT2D eigenvalue weighted by atomic mass is 35.5. The van der Waals surface area contributed by atoms with Gasteiger partial charge in [0.25, 0.3) is 0 Å². The SMILES string of the molecule is CCCCCCNc1cc(C(F)(F)F)ccc1Cl. The fourth-order valence-corrected chi connectivity index (χ4v) is 1.80. The molecular weight excluding hydrogens is 263 g/mol. The number of alkyl halides is 3. The highest BCUT2D eigenvalue weighted by molar-refractivity contribution is 6.33. The molecule has 0 amide bonds. The van der Waals surface area contributed by atoms with Crippen LogP contribution in [0.1, 0.15) is 38.2 Å². The third-order valence-corrected chi connectivity index (χ3v) is 2.97. The second-order valence-corrected chi connectivity index (χ2v) is 4.59. The first-order valence-corrected chi connectivity index (χ1v) is 6.43. The van der Waals surface area contributed by atoms with E-state index in [-0.39, 0.29) is 0 Å². The zero-order valence-electron chi connectivity index (χ0n) is 10.3. The van der Waals surface area contributed by atoms with Crippen LogP contribution in [0, 0.1) is 0 Å². The lowest BCUT2D eigenvalue weighted by Crippen LogP contribution is -2.07. The molecule has 0 aliphatic heterocycles. The number of halogens is 4. The third kappa shape index (κ3) is 4.77. The van der Waals surface area contributed by atoms with E-state index in [1.807, 2.05) is 0 Å². The molecule has 102 valence electrons. The minimum Gasteiger partial charge on any atom is -0.384 e. The molecule has 0 unspecified atom stereocenters. The van der Waals surface area contributed by atoms with E-state index in [9.17, 15) is 13.2 Å². The molecule has 0 bridgehead atoms. The van der Waals surface area contributed by atoms with Crippen molar-refractivity contribution in [3.05, 3.63) is 28.8 Å². The summed E-state index contributed by atoms with van der Waals surface area (Å²) in [5.74, 6) is 0. The Morgan fingerprint density at radius 2 is 1.89 bits per heavy atom. The van der Waals surface area contributed by atoms with Crippen LogP contribution in [-0.4, -0.2) is 6.54 Å². The van der Waals surface area contributed by atoms with Crippen LogP contribution in [0.15, 0.2) is 18.2 Å². The van der Waals surface area contributed by atoms with Gasteiger partial charge in [-0.2, -0.15) is 13.2 Å². The van der Waals surface area contributed by atoms with Crippen LogP contribution in [0.4, 0.5) is 18.9 Å². The number of benzene rings is 1. The molecule has 1 rings (SSSR count). The van der Waals surface area contributed by atoms with Crippen molar-refractivity contribution in [3.63, 3.8) is 0 Å². The molecule has 0 aromatic heterocycles. The van der Waals surface area contributed by atoms with Crippen molar-refractivity contribution in [3.8, 4) is 0 Å². The molecule has 1 aromatic rings. The molecule has 0 radical (unpaired) electrons. The minimum atomic E-state index is -4.33. The van der Waals surface area contributed by atoms with Gasteiger partial charge in [-0.1, -0.05) is 37.8 Å². The Balaban J connectivity index is 2.59. The maximum Gasteiger partial charge on any atom is 0.416 e. The summed E-state index contributed by atoms with van der Waals surface area (Å²) in [6.45, 7) is 2.75. The average molecular weight is 280 g/mol. The molecule has 1 N–H and O–H groups in total. The van der Waals surface area contributed by atoms with E-state index in [1.165, 1.54) is 6.07 Å². The van der Waals surface area contributed by atoms with Crippen molar-refractivity contribution in [2.45, 2.75) is 38.8 Å². The van der Waals surface area contributed by atoms with Crippen LogP contribution in [-0.2, 0) is 6.18 Å². The molecule has 0 aliphatic rings. The monoisotopic (exact) mass is 279 g/mol. The van der Waals surface area contributed by atoms with Crippen LogP contribution in [0.3, 0.4) is 0 Å². The fraction of sp³-hybridized carbons (Fsp3) is 0.538. The lowest BCUT2D eigenvalue weighted by atomic mass is 10.1. The number of hydrogen-bond donors (Lipinski definition) is 1. The van der Waals surface area contributed by atoms with Gasteiger partial charge in [-0.15, -0.1) is 0 Å². The molecule has 0 spiro atoms. The third-order valence-electron chi connectivity index (χ3n) is 2.64. The van der Waals surface area contributed by atoms with Gasteiger partial charge in [-0.05, 0) is 24.6 Å². The van der Waals surface area contributed by atoms with Crippen molar-refractivity contribution in [2.75, 3.05) is 11.9 Å². The van der Waals surface area contributed by atoms with E-state index in [2.05, 4.69) is 12.2 Å². The van der Waals surface area contributed by atoms with Crippen molar-refractivity contribution >= 4 is 17.3 Å². The standard InChI is InChI=1S/C13H17ClF3N/c1-2-3-4-5-8-18-12-9-10(13(15,16)17)6-7-11(12)14/h6-7,9,18H,2-5,8H2,1H3. The first-order chi connectivity index (χ1) is 8.45. The smallest absolute Gasteiger partial charge is 0.384 e. The van der Waals surface area contributed by atoms with Crippen molar-refractivity contribution in [1.82, 2.24) is 0 Å². The van der Waals surface area contributed by atoms with Gasteiger partial charge in [-0.3, -0.25) is 0 Å². The van der Waals surface area contributed by atoms with Gasteiger partial charge >= 0.3 is 6.18 Å². The average Bonchev–Trinajstić information content (AvgIpc) is 2.29. The largest absolute Gasteiger partial charge is 0.416 e. The molecule has 5 heteroatoms. The highest BCUT2D eigenvalue weighted by Gasteiger charge is 2.30. The fourth-order valence-electron chi connectivity index (χ4n) is 1.61. The molecule has 18 heavy (non-hydrogen) atoms. The Morgan fingerprint density at radius 3 is 2.50 bits per heavy atom. The zero-order chi connectivity index (χ0) is 13.6. The molecule has 0 aliphatic carbocycles. The molecule has 1 nitrogen and oxygen atoms in total. The van der Waals surface area contributed by atoms with Gasteiger partial charge in [-0.25, -0.2) is 0 Å². The molecule has 1 aromatic carbocycles. The van der Waals surface area contributed by atoms with Crippen molar-refractivity contribution in [2.24, 2.45) is 0 Å². The maximum atomic E-state index is 12.5.